The van der Waals surface area contributed by atoms with Crippen molar-refractivity contribution in [1.29, 1.82) is 0 Å². The highest BCUT2D eigenvalue weighted by atomic mass is 35.5. The van der Waals surface area contributed by atoms with Gasteiger partial charge < -0.3 is 15.4 Å². The van der Waals surface area contributed by atoms with E-state index in [0.29, 0.717) is 0 Å². The zero-order valence-electron chi connectivity index (χ0n) is 15.3. The standard InChI is InChI=1S/C19H22ClFN2O3S/c1-19(2,3)23-18(25)26-15(10-13-7-5-9-27-13)17(24)22-11-12-6-4-8-14(20)16(12)21/h4-9,15H,10-11H2,1-3H3,(H,22,24)(H,23,25)/t15-/m0/s1. The molecule has 146 valence electrons. The second-order valence-electron chi connectivity index (χ2n) is 6.98. The van der Waals surface area contributed by atoms with E-state index in [0.717, 1.165) is 4.88 Å². The van der Waals surface area contributed by atoms with Crippen LogP contribution in [0.25, 0.3) is 0 Å². The molecular weight excluding hydrogens is 391 g/mol. The molecule has 1 aromatic heterocycles. The van der Waals surface area contributed by atoms with E-state index >= 15 is 0 Å². The topological polar surface area (TPSA) is 67.4 Å². The van der Waals surface area contributed by atoms with Gasteiger partial charge in [-0.05, 0) is 38.3 Å². The summed E-state index contributed by atoms with van der Waals surface area (Å²) in [5.74, 6) is -1.09. The Labute approximate surface area is 166 Å². The van der Waals surface area contributed by atoms with Crippen LogP contribution in [0.4, 0.5) is 9.18 Å². The van der Waals surface area contributed by atoms with E-state index in [1.54, 1.807) is 6.07 Å². The van der Waals surface area contributed by atoms with Gasteiger partial charge in [-0.25, -0.2) is 9.18 Å². The first kappa shape index (κ1) is 21.2. The lowest BCUT2D eigenvalue weighted by molar-refractivity contribution is -0.129. The van der Waals surface area contributed by atoms with Gasteiger partial charge in [0.2, 0.25) is 0 Å². The van der Waals surface area contributed by atoms with Crippen molar-refractivity contribution in [2.24, 2.45) is 0 Å². The van der Waals surface area contributed by atoms with Crippen molar-refractivity contribution >= 4 is 34.9 Å². The summed E-state index contributed by atoms with van der Waals surface area (Å²) in [6.07, 6.45) is -1.49. The van der Waals surface area contributed by atoms with Crippen LogP contribution in [0.5, 0.6) is 0 Å². The highest BCUT2D eigenvalue weighted by Crippen LogP contribution is 2.18. The van der Waals surface area contributed by atoms with Gasteiger partial charge in [-0.1, -0.05) is 29.8 Å². The smallest absolute Gasteiger partial charge is 0.408 e. The zero-order valence-corrected chi connectivity index (χ0v) is 16.9. The van der Waals surface area contributed by atoms with Crippen molar-refractivity contribution in [3.8, 4) is 0 Å². The average Bonchev–Trinajstić information content (AvgIpc) is 3.06. The van der Waals surface area contributed by atoms with Gasteiger partial charge in [-0.3, -0.25) is 4.79 Å². The summed E-state index contributed by atoms with van der Waals surface area (Å²) in [5.41, 5.74) is -0.241. The first-order valence-corrected chi connectivity index (χ1v) is 9.63. The quantitative estimate of drug-likeness (QED) is 0.743. The highest BCUT2D eigenvalue weighted by Gasteiger charge is 2.26. The molecule has 2 N–H and O–H groups in total. The maximum Gasteiger partial charge on any atom is 0.408 e. The van der Waals surface area contributed by atoms with Crippen LogP contribution in [0.1, 0.15) is 31.2 Å². The third-order valence-corrected chi connectivity index (χ3v) is 4.66. The number of carbonyl (C=O) groups is 2. The molecule has 0 saturated heterocycles. The molecule has 8 heteroatoms. The van der Waals surface area contributed by atoms with Gasteiger partial charge in [0.15, 0.2) is 6.10 Å². The minimum atomic E-state index is -1.03. The molecule has 0 unspecified atom stereocenters. The fourth-order valence-electron chi connectivity index (χ4n) is 2.25. The molecule has 5 nitrogen and oxygen atoms in total. The minimum Gasteiger partial charge on any atom is -0.436 e. The summed E-state index contributed by atoms with van der Waals surface area (Å²) in [6.45, 7) is 5.37. The lowest BCUT2D eigenvalue weighted by Crippen LogP contribution is -2.46. The summed E-state index contributed by atoms with van der Waals surface area (Å²) >= 11 is 7.21. The van der Waals surface area contributed by atoms with Crippen LogP contribution in [-0.2, 0) is 22.5 Å². The van der Waals surface area contributed by atoms with Crippen LogP contribution < -0.4 is 10.6 Å². The number of amides is 2. The second kappa shape index (κ2) is 9.19. The van der Waals surface area contributed by atoms with Crippen LogP contribution in [0, 0.1) is 5.82 Å². The maximum atomic E-state index is 14.0. The van der Waals surface area contributed by atoms with Crippen LogP contribution in [0.3, 0.4) is 0 Å². The van der Waals surface area contributed by atoms with E-state index in [4.69, 9.17) is 16.3 Å². The lowest BCUT2D eigenvalue weighted by atomic mass is 10.1. The molecule has 0 fully saturated rings. The third kappa shape index (κ3) is 6.84. The average molecular weight is 413 g/mol. The fraction of sp³-hybridized carbons (Fsp3) is 0.368. The highest BCUT2D eigenvalue weighted by molar-refractivity contribution is 7.09. The number of thiophene rings is 1. The molecule has 1 aromatic carbocycles. The van der Waals surface area contributed by atoms with E-state index < -0.39 is 29.5 Å². The van der Waals surface area contributed by atoms with Gasteiger partial charge >= 0.3 is 6.09 Å². The first-order valence-electron chi connectivity index (χ1n) is 8.37. The summed E-state index contributed by atoms with van der Waals surface area (Å²) in [6, 6.07) is 8.27. The largest absolute Gasteiger partial charge is 0.436 e. The lowest BCUT2D eigenvalue weighted by Gasteiger charge is -2.23. The SMILES string of the molecule is CC(C)(C)NC(=O)O[C@@H](Cc1cccs1)C(=O)NCc1cccc(Cl)c1F. The minimum absolute atomic E-state index is 0.0160. The Balaban J connectivity index is 2.05. The molecule has 2 rings (SSSR count). The van der Waals surface area contributed by atoms with E-state index in [1.165, 1.54) is 23.5 Å². The van der Waals surface area contributed by atoms with Crippen molar-refractivity contribution in [1.82, 2.24) is 10.6 Å². The van der Waals surface area contributed by atoms with E-state index in [1.807, 2.05) is 38.3 Å². The molecule has 2 aromatic rings. The predicted octanol–water partition coefficient (Wildman–Crippen LogP) is 4.29. The Morgan fingerprint density at radius 2 is 2.00 bits per heavy atom. The zero-order chi connectivity index (χ0) is 20.0. The van der Waals surface area contributed by atoms with E-state index in [2.05, 4.69) is 10.6 Å². The van der Waals surface area contributed by atoms with Crippen molar-refractivity contribution in [2.75, 3.05) is 0 Å². The molecule has 27 heavy (non-hydrogen) atoms. The maximum absolute atomic E-state index is 14.0. The molecule has 0 bridgehead atoms. The monoisotopic (exact) mass is 412 g/mol. The van der Waals surface area contributed by atoms with Crippen LogP contribution >= 0.6 is 22.9 Å². The number of carbonyl (C=O) groups excluding carboxylic acids is 2. The van der Waals surface area contributed by atoms with Gasteiger partial charge in [0, 0.05) is 28.9 Å². The van der Waals surface area contributed by atoms with Gasteiger partial charge in [-0.15, -0.1) is 11.3 Å². The Bertz CT molecular complexity index is 791. The number of nitrogens with one attached hydrogen (secondary N) is 2. The summed E-state index contributed by atoms with van der Waals surface area (Å²) < 4.78 is 19.3. The Morgan fingerprint density at radius 3 is 2.63 bits per heavy atom. The van der Waals surface area contributed by atoms with Crippen LogP contribution in [0.2, 0.25) is 5.02 Å². The Morgan fingerprint density at radius 1 is 1.26 bits per heavy atom. The Kier molecular flexibility index (Phi) is 7.21. The van der Waals surface area contributed by atoms with E-state index in [-0.39, 0.29) is 23.6 Å². The molecular formula is C19H22ClFN2O3S. The number of alkyl carbamates (subject to hydrolysis) is 1. The normalized spacial score (nSPS) is 12.3. The number of rotatable bonds is 6. The van der Waals surface area contributed by atoms with Crippen molar-refractivity contribution in [3.05, 3.63) is 57.0 Å². The molecule has 0 aliphatic rings. The molecule has 0 aliphatic heterocycles. The molecule has 2 amide bonds. The fourth-order valence-corrected chi connectivity index (χ4v) is 3.18. The van der Waals surface area contributed by atoms with Gasteiger partial charge in [0.25, 0.3) is 5.91 Å². The van der Waals surface area contributed by atoms with Gasteiger partial charge in [-0.2, -0.15) is 0 Å². The third-order valence-electron chi connectivity index (χ3n) is 3.47. The second-order valence-corrected chi connectivity index (χ2v) is 8.42. The predicted molar refractivity (Wildman–Crippen MR) is 104 cm³/mol. The number of halogens is 2. The van der Waals surface area contributed by atoms with Crippen molar-refractivity contribution < 1.29 is 18.7 Å². The number of hydrogen-bond acceptors (Lipinski definition) is 4. The van der Waals surface area contributed by atoms with Crippen LogP contribution in [0.15, 0.2) is 35.7 Å². The Hall–Kier alpha value is -2.12. The molecule has 0 radical (unpaired) electrons. The summed E-state index contributed by atoms with van der Waals surface area (Å²) in [7, 11) is 0. The summed E-state index contributed by atoms with van der Waals surface area (Å²) in [4.78, 5) is 25.6. The molecule has 0 aliphatic carbocycles. The van der Waals surface area contributed by atoms with Crippen LogP contribution in [-0.4, -0.2) is 23.6 Å². The first-order chi connectivity index (χ1) is 12.7. The van der Waals surface area contributed by atoms with E-state index in [9.17, 15) is 14.0 Å². The van der Waals surface area contributed by atoms with Crippen molar-refractivity contribution in [2.45, 2.75) is 45.4 Å². The molecule has 0 saturated carbocycles. The number of hydrogen-bond donors (Lipinski definition) is 2. The molecule has 1 atom stereocenters. The van der Waals surface area contributed by atoms with Gasteiger partial charge in [0.05, 0.1) is 5.02 Å². The summed E-state index contributed by atoms with van der Waals surface area (Å²) in [5, 5.41) is 7.13. The molecule has 0 spiro atoms. The van der Waals surface area contributed by atoms with Gasteiger partial charge in [0.1, 0.15) is 5.82 Å². The number of ether oxygens (including phenoxy) is 1. The molecule has 1 heterocycles. The number of benzene rings is 1. The van der Waals surface area contributed by atoms with Crippen molar-refractivity contribution in [3.63, 3.8) is 0 Å².